The molecule has 6 heteroatoms. The summed E-state index contributed by atoms with van der Waals surface area (Å²) < 4.78 is 0. The maximum absolute atomic E-state index is 11.4. The van der Waals surface area contributed by atoms with Crippen molar-refractivity contribution in [3.8, 4) is 12.1 Å². The van der Waals surface area contributed by atoms with Crippen molar-refractivity contribution in [2.45, 2.75) is 0 Å². The topological polar surface area (TPSA) is 94.0 Å². The second kappa shape index (κ2) is 6.88. The Morgan fingerprint density at radius 1 is 1.17 bits per heavy atom. The van der Waals surface area contributed by atoms with Crippen molar-refractivity contribution in [3.05, 3.63) is 69.8 Å². The first-order chi connectivity index (χ1) is 11.1. The van der Waals surface area contributed by atoms with Crippen LogP contribution in [0.5, 0.6) is 0 Å². The monoisotopic (exact) mass is 304 g/mol. The molecule has 0 saturated carbocycles. The highest BCUT2D eigenvalue weighted by molar-refractivity contribution is 5.75. The lowest BCUT2D eigenvalue weighted by Gasteiger charge is -2.19. The van der Waals surface area contributed by atoms with E-state index >= 15 is 0 Å². The van der Waals surface area contributed by atoms with Gasteiger partial charge in [-0.3, -0.25) is 10.1 Å². The highest BCUT2D eigenvalue weighted by atomic mass is 16.6. The molecule has 2 aromatic carbocycles. The summed E-state index contributed by atoms with van der Waals surface area (Å²) in [6.45, 7) is 0. The first kappa shape index (κ1) is 15.7. The lowest BCUT2D eigenvalue weighted by atomic mass is 10.1. The molecule has 0 aromatic heterocycles. The fourth-order valence-electron chi connectivity index (χ4n) is 2.11. The molecule has 112 valence electrons. The number of allylic oxidation sites excluding steroid dienone is 1. The molecule has 0 heterocycles. The van der Waals surface area contributed by atoms with Gasteiger partial charge in [-0.2, -0.15) is 10.5 Å². The lowest BCUT2D eigenvalue weighted by molar-refractivity contribution is -0.384. The number of para-hydroxylation sites is 1. The van der Waals surface area contributed by atoms with Gasteiger partial charge in [0.2, 0.25) is 0 Å². The Kier molecular flexibility index (Phi) is 4.71. The highest BCUT2D eigenvalue weighted by Crippen LogP contribution is 2.33. The molecule has 0 unspecified atom stereocenters. The van der Waals surface area contributed by atoms with Gasteiger partial charge in [-0.25, -0.2) is 0 Å². The van der Waals surface area contributed by atoms with Crippen molar-refractivity contribution in [1.29, 1.82) is 10.5 Å². The number of rotatable bonds is 4. The third kappa shape index (κ3) is 3.52. The predicted molar refractivity (Wildman–Crippen MR) is 86.8 cm³/mol. The average Bonchev–Trinajstić information content (AvgIpc) is 2.59. The van der Waals surface area contributed by atoms with E-state index in [1.54, 1.807) is 36.2 Å². The molecule has 6 nitrogen and oxygen atoms in total. The van der Waals surface area contributed by atoms with Crippen LogP contribution in [0.4, 0.5) is 17.1 Å². The van der Waals surface area contributed by atoms with E-state index in [0.29, 0.717) is 11.3 Å². The van der Waals surface area contributed by atoms with Gasteiger partial charge in [0.15, 0.2) is 0 Å². The quantitative estimate of drug-likeness (QED) is 0.486. The van der Waals surface area contributed by atoms with Crippen LogP contribution in [-0.4, -0.2) is 12.0 Å². The van der Waals surface area contributed by atoms with Crippen molar-refractivity contribution in [2.24, 2.45) is 0 Å². The van der Waals surface area contributed by atoms with E-state index in [1.165, 1.54) is 12.1 Å². The molecule has 0 aliphatic carbocycles. The minimum absolute atomic E-state index is 0.0969. The molecule has 0 radical (unpaired) electrons. The number of hydrogen-bond acceptors (Lipinski definition) is 5. The van der Waals surface area contributed by atoms with E-state index in [4.69, 9.17) is 10.5 Å². The minimum Gasteiger partial charge on any atom is -0.339 e. The largest absolute Gasteiger partial charge is 0.339 e. The zero-order valence-electron chi connectivity index (χ0n) is 12.3. The van der Waals surface area contributed by atoms with Gasteiger partial charge >= 0.3 is 0 Å². The Morgan fingerprint density at radius 3 is 2.39 bits per heavy atom. The fourth-order valence-corrected chi connectivity index (χ4v) is 2.11. The van der Waals surface area contributed by atoms with Crippen LogP contribution in [-0.2, 0) is 0 Å². The van der Waals surface area contributed by atoms with Crippen LogP contribution in [0.2, 0.25) is 0 Å². The second-order valence-electron chi connectivity index (χ2n) is 4.68. The molecule has 0 fully saturated rings. The zero-order chi connectivity index (χ0) is 16.8. The van der Waals surface area contributed by atoms with Gasteiger partial charge in [0.05, 0.1) is 4.92 Å². The van der Waals surface area contributed by atoms with Crippen LogP contribution >= 0.6 is 0 Å². The number of nitro groups is 1. The van der Waals surface area contributed by atoms with E-state index in [9.17, 15) is 10.1 Å². The minimum atomic E-state index is -0.482. The van der Waals surface area contributed by atoms with Crippen LogP contribution < -0.4 is 4.90 Å². The molecule has 23 heavy (non-hydrogen) atoms. The predicted octanol–water partition coefficient (Wildman–Crippen LogP) is 3.79. The molecular formula is C17H12N4O2. The number of nitro benzene ring substituents is 1. The van der Waals surface area contributed by atoms with Crippen LogP contribution in [0.1, 0.15) is 5.56 Å². The fraction of sp³-hybridized carbons (Fsp3) is 0.0588. The summed E-state index contributed by atoms with van der Waals surface area (Å²) in [5.74, 6) is 0. The lowest BCUT2D eigenvalue weighted by Crippen LogP contribution is -2.11. The second-order valence-corrected chi connectivity index (χ2v) is 4.68. The Labute approximate surface area is 133 Å². The van der Waals surface area contributed by atoms with Gasteiger partial charge in [0.1, 0.15) is 23.4 Å². The molecule has 0 spiro atoms. The van der Waals surface area contributed by atoms with Gasteiger partial charge < -0.3 is 4.90 Å². The van der Waals surface area contributed by atoms with Crippen molar-refractivity contribution >= 4 is 23.1 Å². The number of nitrogens with zero attached hydrogens (tertiary/aromatic N) is 4. The van der Waals surface area contributed by atoms with Crippen molar-refractivity contribution in [3.63, 3.8) is 0 Å². The van der Waals surface area contributed by atoms with E-state index in [2.05, 4.69) is 0 Å². The van der Waals surface area contributed by atoms with E-state index in [-0.39, 0.29) is 11.3 Å². The van der Waals surface area contributed by atoms with Crippen molar-refractivity contribution in [1.82, 2.24) is 0 Å². The Morgan fingerprint density at radius 2 is 1.83 bits per heavy atom. The van der Waals surface area contributed by atoms with Crippen molar-refractivity contribution in [2.75, 3.05) is 11.9 Å². The maximum Gasteiger partial charge on any atom is 0.293 e. The van der Waals surface area contributed by atoms with E-state index < -0.39 is 4.92 Å². The summed E-state index contributed by atoms with van der Waals surface area (Å²) in [5.41, 5.74) is 1.46. The smallest absolute Gasteiger partial charge is 0.293 e. The molecular weight excluding hydrogens is 292 g/mol. The van der Waals surface area contributed by atoms with Gasteiger partial charge in [-0.05, 0) is 29.8 Å². The molecule has 0 atom stereocenters. The van der Waals surface area contributed by atoms with Gasteiger partial charge in [-0.1, -0.05) is 24.3 Å². The Balaban J connectivity index is 2.51. The van der Waals surface area contributed by atoms with Crippen LogP contribution in [0.25, 0.3) is 6.08 Å². The molecule has 0 aliphatic heterocycles. The van der Waals surface area contributed by atoms with Gasteiger partial charge in [-0.15, -0.1) is 0 Å². The summed E-state index contributed by atoms with van der Waals surface area (Å²) in [7, 11) is 1.74. The number of benzene rings is 2. The van der Waals surface area contributed by atoms with Crippen LogP contribution in [0.15, 0.2) is 54.1 Å². The summed E-state index contributed by atoms with van der Waals surface area (Å²) >= 11 is 0. The first-order valence-electron chi connectivity index (χ1n) is 6.66. The molecule has 0 saturated heterocycles. The number of nitriles is 2. The summed E-state index contributed by atoms with van der Waals surface area (Å²) in [6, 6.07) is 17.3. The zero-order valence-corrected chi connectivity index (χ0v) is 12.3. The van der Waals surface area contributed by atoms with Crippen LogP contribution in [0.3, 0.4) is 0 Å². The van der Waals surface area contributed by atoms with Gasteiger partial charge in [0.25, 0.3) is 5.69 Å². The third-order valence-corrected chi connectivity index (χ3v) is 3.25. The number of anilines is 2. The molecule has 0 amide bonds. The third-order valence-electron chi connectivity index (χ3n) is 3.25. The summed E-state index contributed by atoms with van der Waals surface area (Å²) in [5, 5.41) is 28.9. The molecule has 2 aromatic rings. The normalized spacial score (nSPS) is 9.35. The summed E-state index contributed by atoms with van der Waals surface area (Å²) in [4.78, 5) is 12.6. The maximum atomic E-state index is 11.4. The van der Waals surface area contributed by atoms with Crippen LogP contribution in [0, 0.1) is 32.8 Å². The van der Waals surface area contributed by atoms with Gasteiger partial charge in [0, 0.05) is 18.8 Å². The highest BCUT2D eigenvalue weighted by Gasteiger charge is 2.18. The SMILES string of the molecule is CN(c1ccccc1)c1ccc(C=C(C#N)C#N)cc1[N+](=O)[O-]. The molecule has 0 bridgehead atoms. The van der Waals surface area contributed by atoms with E-state index in [1.807, 2.05) is 30.3 Å². The molecule has 0 aliphatic rings. The summed E-state index contributed by atoms with van der Waals surface area (Å²) in [6.07, 6.45) is 1.32. The number of hydrogen-bond donors (Lipinski definition) is 0. The first-order valence-corrected chi connectivity index (χ1v) is 6.66. The van der Waals surface area contributed by atoms with Crippen molar-refractivity contribution < 1.29 is 4.92 Å². The average molecular weight is 304 g/mol. The molecule has 2 rings (SSSR count). The van der Waals surface area contributed by atoms with E-state index in [0.717, 1.165) is 5.69 Å². The Hall–Kier alpha value is -3.64. The standard InChI is InChI=1S/C17H12N4O2/c1-20(15-5-3-2-4-6-15)16-8-7-13(9-14(11-18)12-19)10-17(16)21(22)23/h2-10H,1H3. The Bertz CT molecular complexity index is 829. The molecule has 0 N–H and O–H groups in total.